The van der Waals surface area contributed by atoms with E-state index in [2.05, 4.69) is 62.6 Å². The minimum atomic E-state index is 0.570. The summed E-state index contributed by atoms with van der Waals surface area (Å²) >= 11 is 9.41. The molecule has 4 nitrogen and oxygen atoms in total. The summed E-state index contributed by atoms with van der Waals surface area (Å²) < 4.78 is 2.29. The summed E-state index contributed by atoms with van der Waals surface area (Å²) in [5, 5.41) is 14.0. The maximum atomic E-state index is 5.98. The van der Waals surface area contributed by atoms with Crippen LogP contribution in [-0.2, 0) is 18.7 Å². The smallest absolute Gasteiger partial charge is 0.191 e. The third kappa shape index (κ3) is 4.77. The molecule has 5 rings (SSSR count). The zero-order valence-corrected chi connectivity index (χ0v) is 18.8. The van der Waals surface area contributed by atoms with Crippen molar-refractivity contribution in [3.63, 3.8) is 0 Å². The molecule has 4 aromatic rings. The van der Waals surface area contributed by atoms with Gasteiger partial charge < -0.3 is 4.57 Å². The molecule has 7 heteroatoms. The molecule has 2 heterocycles. The summed E-state index contributed by atoms with van der Waals surface area (Å²) in [6.45, 7) is 0.820. The first-order valence-electron chi connectivity index (χ1n) is 10.0. The van der Waals surface area contributed by atoms with Crippen molar-refractivity contribution in [1.29, 1.82) is 0 Å². The molecule has 0 bridgehead atoms. The van der Waals surface area contributed by atoms with E-state index in [1.165, 1.54) is 24.0 Å². The average molecular weight is 453 g/mol. The fourth-order valence-electron chi connectivity index (χ4n) is 3.38. The highest BCUT2D eigenvalue weighted by atomic mass is 35.5. The molecular weight excluding hydrogens is 432 g/mol. The highest BCUT2D eigenvalue weighted by Crippen LogP contribution is 2.40. The third-order valence-corrected chi connectivity index (χ3v) is 7.24. The highest BCUT2D eigenvalue weighted by molar-refractivity contribution is 7.98. The summed E-state index contributed by atoms with van der Waals surface area (Å²) in [6.07, 6.45) is 3.28. The Morgan fingerprint density at radius 1 is 1.00 bits per heavy atom. The maximum Gasteiger partial charge on any atom is 0.191 e. The van der Waals surface area contributed by atoms with E-state index >= 15 is 0 Å². The van der Waals surface area contributed by atoms with Gasteiger partial charge in [-0.2, -0.15) is 0 Å². The quantitative estimate of drug-likeness (QED) is 0.298. The second kappa shape index (κ2) is 8.92. The number of thioether (sulfide) groups is 1. The van der Waals surface area contributed by atoms with Gasteiger partial charge in [-0.25, -0.2) is 4.98 Å². The Kier molecular flexibility index (Phi) is 5.88. The van der Waals surface area contributed by atoms with Gasteiger partial charge in [-0.15, -0.1) is 21.5 Å². The van der Waals surface area contributed by atoms with Crippen LogP contribution in [0.3, 0.4) is 0 Å². The first-order chi connectivity index (χ1) is 14.7. The Hall–Kier alpha value is -2.15. The molecule has 2 aromatic carbocycles. The molecular formula is C23H21ClN4S2. The normalized spacial score (nSPS) is 13.6. The minimum Gasteiger partial charge on any atom is -0.301 e. The lowest BCUT2D eigenvalue weighted by Crippen LogP contribution is -2.06. The van der Waals surface area contributed by atoms with Crippen LogP contribution < -0.4 is 0 Å². The molecule has 0 amide bonds. The van der Waals surface area contributed by atoms with Crippen LogP contribution in [0.4, 0.5) is 0 Å². The first-order valence-corrected chi connectivity index (χ1v) is 12.3. The van der Waals surface area contributed by atoms with E-state index in [-0.39, 0.29) is 0 Å². The Morgan fingerprint density at radius 2 is 1.80 bits per heavy atom. The number of thiazole rings is 1. The Bertz CT molecular complexity index is 1120. The summed E-state index contributed by atoms with van der Waals surface area (Å²) in [6, 6.07) is 18.5. The topological polar surface area (TPSA) is 43.6 Å². The second-order valence-electron chi connectivity index (χ2n) is 7.51. The molecule has 0 spiro atoms. The van der Waals surface area contributed by atoms with Crippen LogP contribution in [0.15, 0.2) is 65.1 Å². The molecule has 0 N–H and O–H groups in total. The van der Waals surface area contributed by atoms with Gasteiger partial charge in [-0.3, -0.25) is 0 Å². The predicted molar refractivity (Wildman–Crippen MR) is 123 cm³/mol. The number of nitrogens with zero attached hydrogens (tertiary/aromatic N) is 4. The monoisotopic (exact) mass is 452 g/mol. The molecule has 2 aromatic heterocycles. The lowest BCUT2D eigenvalue weighted by atomic mass is 10.2. The van der Waals surface area contributed by atoms with E-state index in [0.717, 1.165) is 45.4 Å². The van der Waals surface area contributed by atoms with Gasteiger partial charge in [-0.1, -0.05) is 65.8 Å². The van der Waals surface area contributed by atoms with E-state index in [1.54, 1.807) is 23.1 Å². The molecule has 0 atom stereocenters. The van der Waals surface area contributed by atoms with E-state index in [4.69, 9.17) is 16.6 Å². The fraction of sp³-hybridized carbons (Fsp3) is 0.261. The Morgan fingerprint density at radius 3 is 2.57 bits per heavy atom. The number of halogens is 1. The van der Waals surface area contributed by atoms with Gasteiger partial charge in [0.15, 0.2) is 5.16 Å². The SMILES string of the molecule is Clc1ccc(Cc2nc(CSc3nnc(C4CC4)n3Cc3ccccc3)cs2)cc1. The largest absolute Gasteiger partial charge is 0.301 e. The number of hydrogen-bond acceptors (Lipinski definition) is 5. The van der Waals surface area contributed by atoms with Crippen LogP contribution in [0, 0.1) is 0 Å². The van der Waals surface area contributed by atoms with Gasteiger partial charge >= 0.3 is 0 Å². The molecule has 0 unspecified atom stereocenters. The molecule has 0 radical (unpaired) electrons. The summed E-state index contributed by atoms with van der Waals surface area (Å²) in [5.74, 6) is 2.50. The molecule has 1 aliphatic rings. The van der Waals surface area contributed by atoms with Gasteiger partial charge in [0.2, 0.25) is 0 Å². The number of rotatable bonds is 8. The van der Waals surface area contributed by atoms with Crippen LogP contribution >= 0.6 is 34.7 Å². The van der Waals surface area contributed by atoms with Crippen molar-refractivity contribution in [3.8, 4) is 0 Å². The van der Waals surface area contributed by atoms with Crippen molar-refractivity contribution < 1.29 is 0 Å². The van der Waals surface area contributed by atoms with Crippen molar-refractivity contribution in [3.05, 3.63) is 92.7 Å². The van der Waals surface area contributed by atoms with Crippen LogP contribution in [0.1, 0.15) is 46.4 Å². The number of hydrogen-bond donors (Lipinski definition) is 0. The minimum absolute atomic E-state index is 0.570. The molecule has 30 heavy (non-hydrogen) atoms. The van der Waals surface area contributed by atoms with E-state index in [9.17, 15) is 0 Å². The van der Waals surface area contributed by atoms with Crippen molar-refractivity contribution in [2.45, 2.75) is 42.6 Å². The fourth-order valence-corrected chi connectivity index (χ4v) is 5.27. The Balaban J connectivity index is 1.27. The van der Waals surface area contributed by atoms with Crippen LogP contribution in [0.25, 0.3) is 0 Å². The average Bonchev–Trinajstić information content (AvgIpc) is 3.39. The van der Waals surface area contributed by atoms with E-state index in [1.807, 2.05) is 12.1 Å². The standard InChI is InChI=1S/C23H21ClN4S2/c24-19-10-6-16(7-11-19)12-21-25-20(14-29-21)15-30-23-27-26-22(18-8-9-18)28(23)13-17-4-2-1-3-5-17/h1-7,10-11,14,18H,8-9,12-13,15H2. The molecule has 1 aliphatic carbocycles. The summed E-state index contributed by atoms with van der Waals surface area (Å²) in [4.78, 5) is 4.82. The van der Waals surface area contributed by atoms with Gasteiger partial charge in [0.25, 0.3) is 0 Å². The van der Waals surface area contributed by atoms with Crippen LogP contribution in [0.5, 0.6) is 0 Å². The van der Waals surface area contributed by atoms with E-state index < -0.39 is 0 Å². The second-order valence-corrected chi connectivity index (χ2v) is 9.83. The van der Waals surface area contributed by atoms with Gasteiger partial charge in [0, 0.05) is 28.5 Å². The number of aromatic nitrogens is 4. The van der Waals surface area contributed by atoms with Crippen LogP contribution in [0.2, 0.25) is 5.02 Å². The maximum absolute atomic E-state index is 5.98. The third-order valence-electron chi connectivity index (χ3n) is 5.09. The van der Waals surface area contributed by atoms with Crippen molar-refractivity contribution in [1.82, 2.24) is 19.7 Å². The molecule has 1 fully saturated rings. The number of benzene rings is 2. The van der Waals surface area contributed by atoms with Gasteiger partial charge in [-0.05, 0) is 36.1 Å². The Labute approximate surface area is 189 Å². The van der Waals surface area contributed by atoms with Crippen molar-refractivity contribution in [2.24, 2.45) is 0 Å². The first kappa shape index (κ1) is 19.8. The molecule has 0 aliphatic heterocycles. The van der Waals surface area contributed by atoms with Gasteiger partial charge in [0.1, 0.15) is 5.82 Å². The van der Waals surface area contributed by atoms with E-state index in [0.29, 0.717) is 5.92 Å². The lowest BCUT2D eigenvalue weighted by Gasteiger charge is -2.09. The summed E-state index contributed by atoms with van der Waals surface area (Å²) in [7, 11) is 0. The lowest BCUT2D eigenvalue weighted by molar-refractivity contribution is 0.667. The zero-order chi connectivity index (χ0) is 20.3. The summed E-state index contributed by atoms with van der Waals surface area (Å²) in [5.41, 5.74) is 3.60. The molecule has 0 saturated heterocycles. The van der Waals surface area contributed by atoms with Crippen molar-refractivity contribution >= 4 is 34.7 Å². The highest BCUT2D eigenvalue weighted by Gasteiger charge is 2.30. The predicted octanol–water partition coefficient (Wildman–Crippen LogP) is 6.20. The van der Waals surface area contributed by atoms with Crippen molar-refractivity contribution in [2.75, 3.05) is 0 Å². The molecule has 1 saturated carbocycles. The zero-order valence-electron chi connectivity index (χ0n) is 16.4. The van der Waals surface area contributed by atoms with Gasteiger partial charge in [0.05, 0.1) is 17.2 Å². The molecule has 152 valence electrons. The van der Waals surface area contributed by atoms with Crippen LogP contribution in [-0.4, -0.2) is 19.7 Å².